The van der Waals surface area contributed by atoms with Crippen LogP contribution < -0.4 is 10.2 Å². The van der Waals surface area contributed by atoms with E-state index in [-0.39, 0.29) is 12.1 Å². The van der Waals surface area contributed by atoms with Crippen molar-refractivity contribution >= 4 is 5.69 Å². The molecule has 26 heavy (non-hydrogen) atoms. The van der Waals surface area contributed by atoms with Crippen molar-refractivity contribution in [2.45, 2.75) is 18.8 Å². The molecule has 1 N–H and O–H groups in total. The molecule has 140 valence electrons. The van der Waals surface area contributed by atoms with Crippen LogP contribution in [-0.4, -0.2) is 49.3 Å². The van der Waals surface area contributed by atoms with Crippen LogP contribution in [0.5, 0.6) is 0 Å². The Labute approximate surface area is 151 Å². The third kappa shape index (κ3) is 4.74. The van der Waals surface area contributed by atoms with Crippen LogP contribution in [0.25, 0.3) is 0 Å². The van der Waals surface area contributed by atoms with Crippen molar-refractivity contribution in [3.8, 4) is 0 Å². The predicted octanol–water partition coefficient (Wildman–Crippen LogP) is 3.23. The minimum absolute atomic E-state index is 0.132. The van der Waals surface area contributed by atoms with Crippen molar-refractivity contribution in [2.24, 2.45) is 0 Å². The summed E-state index contributed by atoms with van der Waals surface area (Å²) in [6.07, 6.45) is -1.21. The van der Waals surface area contributed by atoms with Crippen molar-refractivity contribution in [3.05, 3.63) is 59.9 Å². The molecular weight excluding hydrogens is 341 g/mol. The minimum Gasteiger partial charge on any atom is -0.369 e. The van der Waals surface area contributed by atoms with Gasteiger partial charge in [-0.1, -0.05) is 12.1 Å². The van der Waals surface area contributed by atoms with Crippen molar-refractivity contribution < 1.29 is 13.2 Å². The van der Waals surface area contributed by atoms with Gasteiger partial charge >= 0.3 is 6.18 Å². The molecule has 1 aromatic heterocycles. The second-order valence-electron chi connectivity index (χ2n) is 6.59. The first kappa shape index (κ1) is 18.7. The Balaban J connectivity index is 1.70. The molecule has 1 unspecified atom stereocenters. The van der Waals surface area contributed by atoms with Gasteiger partial charge in [0.15, 0.2) is 0 Å². The Kier molecular flexibility index (Phi) is 5.78. The van der Waals surface area contributed by atoms with E-state index >= 15 is 0 Å². The number of halogens is 3. The van der Waals surface area contributed by atoms with Crippen LogP contribution in [0, 0.1) is 0 Å². The maximum absolute atomic E-state index is 13.5. The van der Waals surface area contributed by atoms with Crippen LogP contribution in [0.4, 0.5) is 18.9 Å². The highest BCUT2D eigenvalue weighted by Gasteiger charge is 2.40. The summed E-state index contributed by atoms with van der Waals surface area (Å²) in [5.74, 6) is 0. The van der Waals surface area contributed by atoms with E-state index in [1.54, 1.807) is 48.8 Å². The lowest BCUT2D eigenvalue weighted by atomic mass is 10.0. The molecule has 0 saturated carbocycles. The Morgan fingerprint density at radius 3 is 2.19 bits per heavy atom. The number of rotatable bonds is 5. The lowest BCUT2D eigenvalue weighted by Crippen LogP contribution is -2.44. The first-order chi connectivity index (χ1) is 12.4. The number of piperazine rings is 1. The number of pyridine rings is 1. The van der Waals surface area contributed by atoms with Gasteiger partial charge < -0.3 is 9.80 Å². The second kappa shape index (κ2) is 8.05. The fourth-order valence-electron chi connectivity index (χ4n) is 3.09. The third-order valence-electron chi connectivity index (χ3n) is 4.68. The van der Waals surface area contributed by atoms with Gasteiger partial charge in [0.1, 0.15) is 6.04 Å². The van der Waals surface area contributed by atoms with Crippen molar-refractivity contribution in [1.82, 2.24) is 15.2 Å². The Hall–Kier alpha value is -2.12. The molecule has 0 radical (unpaired) electrons. The highest BCUT2D eigenvalue weighted by molar-refractivity contribution is 5.48. The molecule has 0 aliphatic carbocycles. The highest BCUT2D eigenvalue weighted by Crippen LogP contribution is 2.33. The first-order valence-corrected chi connectivity index (χ1v) is 8.66. The highest BCUT2D eigenvalue weighted by atomic mass is 19.4. The predicted molar refractivity (Wildman–Crippen MR) is 96.0 cm³/mol. The molecule has 1 aliphatic heterocycles. The zero-order valence-electron chi connectivity index (χ0n) is 14.7. The molecule has 2 aromatic rings. The number of nitrogens with one attached hydrogen (secondary N) is 1. The smallest absolute Gasteiger partial charge is 0.369 e. The molecule has 0 amide bonds. The molecule has 1 atom stereocenters. The average molecular weight is 364 g/mol. The van der Waals surface area contributed by atoms with Gasteiger partial charge in [0.2, 0.25) is 0 Å². The van der Waals surface area contributed by atoms with Crippen LogP contribution in [0.2, 0.25) is 0 Å². The monoisotopic (exact) mass is 364 g/mol. The van der Waals surface area contributed by atoms with E-state index in [2.05, 4.69) is 27.1 Å². The topological polar surface area (TPSA) is 31.4 Å². The molecule has 1 fully saturated rings. The number of benzene rings is 1. The van der Waals surface area contributed by atoms with Gasteiger partial charge in [-0.2, -0.15) is 13.2 Å². The molecule has 7 heteroatoms. The van der Waals surface area contributed by atoms with Gasteiger partial charge in [-0.25, -0.2) is 0 Å². The van der Waals surface area contributed by atoms with Gasteiger partial charge in [0.25, 0.3) is 0 Å². The summed E-state index contributed by atoms with van der Waals surface area (Å²) in [6.45, 7) is 3.82. The minimum atomic E-state index is -4.36. The Bertz CT molecular complexity index is 680. The third-order valence-corrected chi connectivity index (χ3v) is 4.68. The molecule has 1 saturated heterocycles. The zero-order chi connectivity index (χ0) is 18.6. The van der Waals surface area contributed by atoms with Crippen LogP contribution >= 0.6 is 0 Å². The maximum atomic E-state index is 13.5. The summed E-state index contributed by atoms with van der Waals surface area (Å²) in [7, 11) is 2.07. The molecule has 0 bridgehead atoms. The Morgan fingerprint density at radius 1 is 1.00 bits per heavy atom. The van der Waals surface area contributed by atoms with Crippen molar-refractivity contribution in [1.29, 1.82) is 0 Å². The molecule has 3 rings (SSSR count). The fraction of sp³-hybridized carbons (Fsp3) is 0.421. The van der Waals surface area contributed by atoms with Gasteiger partial charge in [0, 0.05) is 50.8 Å². The number of likely N-dealkylation sites (N-methyl/N-ethyl adjacent to an activating group) is 1. The lowest BCUT2D eigenvalue weighted by molar-refractivity contribution is -0.158. The SMILES string of the molecule is CN1CCN(c2ccc(C(NCc3ccncc3)C(F)(F)F)cc2)CC1. The van der Waals surface area contributed by atoms with Crippen LogP contribution in [0.1, 0.15) is 17.2 Å². The van der Waals surface area contributed by atoms with E-state index in [9.17, 15) is 13.2 Å². The summed E-state index contributed by atoms with van der Waals surface area (Å²) in [5.41, 5.74) is 1.96. The second-order valence-corrected chi connectivity index (χ2v) is 6.59. The van der Waals surface area contributed by atoms with Gasteiger partial charge in [0.05, 0.1) is 0 Å². The standard InChI is InChI=1S/C19H23F3N4/c1-25-10-12-26(13-11-25)17-4-2-16(3-5-17)18(19(20,21)22)24-14-15-6-8-23-9-7-15/h2-9,18,24H,10-14H2,1H3. The van der Waals surface area contributed by atoms with E-state index in [1.807, 2.05) is 0 Å². The van der Waals surface area contributed by atoms with Gasteiger partial charge in [-0.15, -0.1) is 0 Å². The quantitative estimate of drug-likeness (QED) is 0.883. The van der Waals surface area contributed by atoms with E-state index in [1.165, 1.54) is 0 Å². The largest absolute Gasteiger partial charge is 0.407 e. The zero-order valence-corrected chi connectivity index (χ0v) is 14.7. The molecule has 0 spiro atoms. The lowest BCUT2D eigenvalue weighted by Gasteiger charge is -2.34. The number of hydrogen-bond acceptors (Lipinski definition) is 4. The number of aromatic nitrogens is 1. The molecule has 4 nitrogen and oxygen atoms in total. The summed E-state index contributed by atoms with van der Waals surface area (Å²) in [4.78, 5) is 8.33. The number of anilines is 1. The van der Waals surface area contributed by atoms with E-state index in [0.717, 1.165) is 37.4 Å². The van der Waals surface area contributed by atoms with Crippen LogP contribution in [0.3, 0.4) is 0 Å². The van der Waals surface area contributed by atoms with Crippen molar-refractivity contribution in [3.63, 3.8) is 0 Å². The molecule has 2 heterocycles. The maximum Gasteiger partial charge on any atom is 0.407 e. The van der Waals surface area contributed by atoms with Crippen LogP contribution in [0.15, 0.2) is 48.8 Å². The Morgan fingerprint density at radius 2 is 1.62 bits per heavy atom. The normalized spacial score (nSPS) is 17.3. The summed E-state index contributed by atoms with van der Waals surface area (Å²) in [5, 5.41) is 2.62. The molecule has 1 aromatic carbocycles. The number of nitrogens with zero attached hydrogens (tertiary/aromatic N) is 3. The van der Waals surface area contributed by atoms with E-state index in [0.29, 0.717) is 0 Å². The van der Waals surface area contributed by atoms with E-state index in [4.69, 9.17) is 0 Å². The van der Waals surface area contributed by atoms with Crippen molar-refractivity contribution in [2.75, 3.05) is 38.1 Å². The van der Waals surface area contributed by atoms with Gasteiger partial charge in [-0.3, -0.25) is 10.3 Å². The van der Waals surface area contributed by atoms with Gasteiger partial charge in [-0.05, 0) is 42.4 Å². The average Bonchev–Trinajstić information content (AvgIpc) is 2.63. The van der Waals surface area contributed by atoms with Crippen LogP contribution in [-0.2, 0) is 6.54 Å². The summed E-state index contributed by atoms with van der Waals surface area (Å²) in [6, 6.07) is 8.43. The molecule has 1 aliphatic rings. The number of hydrogen-bond donors (Lipinski definition) is 1. The summed E-state index contributed by atoms with van der Waals surface area (Å²) >= 11 is 0. The van der Waals surface area contributed by atoms with E-state index < -0.39 is 12.2 Å². The number of alkyl halides is 3. The fourth-order valence-corrected chi connectivity index (χ4v) is 3.09. The molecular formula is C19H23F3N4. The first-order valence-electron chi connectivity index (χ1n) is 8.66. The summed E-state index contributed by atoms with van der Waals surface area (Å²) < 4.78 is 40.5.